The van der Waals surface area contributed by atoms with Crippen molar-refractivity contribution in [2.24, 2.45) is 52.3 Å². The highest BCUT2D eigenvalue weighted by Crippen LogP contribution is 2.65. The lowest BCUT2D eigenvalue weighted by atomic mass is 9.48. The first-order chi connectivity index (χ1) is 18.3. The van der Waals surface area contributed by atoms with Gasteiger partial charge >= 0.3 is 0 Å². The molecule has 3 saturated carbocycles. The Morgan fingerprint density at radius 1 is 0.974 bits per heavy atom. The van der Waals surface area contributed by atoms with Gasteiger partial charge in [-0.3, -0.25) is 8.98 Å². The highest BCUT2D eigenvalue weighted by molar-refractivity contribution is 7.86. The topological polar surface area (TPSA) is 60.4 Å². The van der Waals surface area contributed by atoms with Crippen LogP contribution in [0.15, 0.2) is 41.3 Å². The van der Waals surface area contributed by atoms with Gasteiger partial charge in [0, 0.05) is 11.8 Å². The van der Waals surface area contributed by atoms with Crippen molar-refractivity contribution in [3.05, 3.63) is 42.0 Å². The Kier molecular flexibility index (Phi) is 9.23. The lowest BCUT2D eigenvalue weighted by Crippen LogP contribution is -2.52. The van der Waals surface area contributed by atoms with E-state index in [0.29, 0.717) is 71.9 Å². The van der Waals surface area contributed by atoms with Gasteiger partial charge in [0.1, 0.15) is 5.78 Å². The van der Waals surface area contributed by atoms with Crippen LogP contribution in [0.2, 0.25) is 0 Å². The van der Waals surface area contributed by atoms with Gasteiger partial charge in [-0.1, -0.05) is 71.4 Å². The molecule has 218 valence electrons. The van der Waals surface area contributed by atoms with Crippen molar-refractivity contribution in [3.8, 4) is 0 Å². The molecule has 4 rings (SSSR count). The molecule has 0 bridgehead atoms. The van der Waals surface area contributed by atoms with Crippen LogP contribution in [-0.4, -0.2) is 20.8 Å². The lowest BCUT2D eigenvalue weighted by molar-refractivity contribution is -0.146. The standard InChI is InChI=1S/C34H52O4S/c1-23(2)25(4)11-12-26(5)29-16-17-30-28-15-18-32(35)34(7,31(28)19-21-33(29,30)6)20-8-22-38-39(36,37)27-13-9-24(3)10-14-27/h9-14,23,25-26,28-31H,8,15-22H2,1-7H3/b12-11+/t25?,26-,28-,29+,30-,31-,33+,34+/m0/s1. The van der Waals surface area contributed by atoms with Crippen LogP contribution in [0.25, 0.3) is 0 Å². The van der Waals surface area contributed by atoms with Crippen molar-refractivity contribution >= 4 is 15.9 Å². The smallest absolute Gasteiger partial charge is 0.296 e. The Labute approximate surface area is 238 Å². The number of hydrogen-bond acceptors (Lipinski definition) is 4. The molecule has 0 aliphatic heterocycles. The van der Waals surface area contributed by atoms with Crippen molar-refractivity contribution < 1.29 is 17.4 Å². The second-order valence-corrected chi connectivity index (χ2v) is 15.6. The van der Waals surface area contributed by atoms with E-state index in [1.54, 1.807) is 24.3 Å². The fourth-order valence-electron chi connectivity index (χ4n) is 8.59. The van der Waals surface area contributed by atoms with Crippen molar-refractivity contribution in [2.75, 3.05) is 6.61 Å². The second kappa shape index (κ2) is 11.8. The van der Waals surface area contributed by atoms with E-state index in [4.69, 9.17) is 4.18 Å². The van der Waals surface area contributed by atoms with Crippen LogP contribution < -0.4 is 0 Å². The number of fused-ring (bicyclic) bond motifs is 3. The molecule has 0 heterocycles. The van der Waals surface area contributed by atoms with Crippen LogP contribution in [0.4, 0.5) is 0 Å². The van der Waals surface area contributed by atoms with Crippen molar-refractivity contribution in [1.29, 1.82) is 0 Å². The molecule has 0 aromatic heterocycles. The molecule has 4 nitrogen and oxygen atoms in total. The average Bonchev–Trinajstić information content (AvgIpc) is 3.25. The molecule has 0 saturated heterocycles. The molecule has 0 spiro atoms. The van der Waals surface area contributed by atoms with Crippen molar-refractivity contribution in [3.63, 3.8) is 0 Å². The Bertz CT molecular complexity index is 1140. The van der Waals surface area contributed by atoms with Crippen LogP contribution in [0.1, 0.15) is 98.5 Å². The molecule has 3 aliphatic rings. The molecular weight excluding hydrogens is 504 g/mol. The van der Waals surface area contributed by atoms with Gasteiger partial charge < -0.3 is 0 Å². The van der Waals surface area contributed by atoms with Gasteiger partial charge in [-0.05, 0) is 111 Å². The first-order valence-electron chi connectivity index (χ1n) is 15.5. The Hall–Kier alpha value is -1.46. The molecule has 0 amide bonds. The molecule has 0 radical (unpaired) electrons. The van der Waals surface area contributed by atoms with Gasteiger partial charge in [0.2, 0.25) is 0 Å². The summed E-state index contributed by atoms with van der Waals surface area (Å²) in [6, 6.07) is 6.75. The van der Waals surface area contributed by atoms with Gasteiger partial charge in [0.05, 0.1) is 11.5 Å². The van der Waals surface area contributed by atoms with Crippen molar-refractivity contribution in [1.82, 2.24) is 0 Å². The highest BCUT2D eigenvalue weighted by Gasteiger charge is 2.59. The van der Waals surface area contributed by atoms with Crippen LogP contribution >= 0.6 is 0 Å². The summed E-state index contributed by atoms with van der Waals surface area (Å²) in [4.78, 5) is 13.6. The SMILES string of the molecule is Cc1ccc(S(=O)(=O)OCCC[C@@]2(C)C(=O)CC[C@H]3[C@@H]4CC[C@H]([C@@H](C)/C=C/C(C)C(C)C)[C@@]4(C)CC[C@@H]32)cc1. The van der Waals surface area contributed by atoms with E-state index in [-0.39, 0.29) is 16.9 Å². The van der Waals surface area contributed by atoms with Gasteiger partial charge in [-0.2, -0.15) is 8.42 Å². The lowest BCUT2D eigenvalue weighted by Gasteiger charge is -2.56. The van der Waals surface area contributed by atoms with Gasteiger partial charge in [0.25, 0.3) is 10.1 Å². The van der Waals surface area contributed by atoms with Crippen LogP contribution in [0.5, 0.6) is 0 Å². The minimum Gasteiger partial charge on any atom is -0.299 e. The fraction of sp³-hybridized carbons (Fsp3) is 0.735. The zero-order valence-electron chi connectivity index (χ0n) is 25.4. The van der Waals surface area contributed by atoms with E-state index < -0.39 is 10.1 Å². The third-order valence-electron chi connectivity index (χ3n) is 11.5. The zero-order chi connectivity index (χ0) is 28.6. The molecule has 8 atom stereocenters. The predicted molar refractivity (Wildman–Crippen MR) is 159 cm³/mol. The third kappa shape index (κ3) is 6.10. The first kappa shape index (κ1) is 30.5. The third-order valence-corrected chi connectivity index (χ3v) is 12.8. The number of rotatable bonds is 10. The molecule has 1 aromatic carbocycles. The van der Waals surface area contributed by atoms with Gasteiger partial charge in [0.15, 0.2) is 0 Å². The first-order valence-corrected chi connectivity index (χ1v) is 16.9. The van der Waals surface area contributed by atoms with Crippen LogP contribution in [0, 0.1) is 59.2 Å². The molecule has 1 aromatic rings. The number of aryl methyl sites for hydroxylation is 1. The summed E-state index contributed by atoms with van der Waals surface area (Å²) in [6.45, 7) is 16.1. The maximum absolute atomic E-state index is 13.4. The largest absolute Gasteiger partial charge is 0.299 e. The van der Waals surface area contributed by atoms with E-state index >= 15 is 0 Å². The summed E-state index contributed by atoms with van der Waals surface area (Å²) < 4.78 is 30.7. The monoisotopic (exact) mass is 556 g/mol. The summed E-state index contributed by atoms with van der Waals surface area (Å²) in [5.74, 6) is 4.63. The van der Waals surface area contributed by atoms with Gasteiger partial charge in [-0.25, -0.2) is 0 Å². The second-order valence-electron chi connectivity index (χ2n) is 14.0. The summed E-state index contributed by atoms with van der Waals surface area (Å²) in [7, 11) is -3.78. The number of Topliss-reactive ketones (excluding diaryl/α,β-unsaturated/α-hetero) is 1. The summed E-state index contributed by atoms with van der Waals surface area (Å²) >= 11 is 0. The number of ketones is 1. The minimum absolute atomic E-state index is 0.123. The van der Waals surface area contributed by atoms with E-state index in [0.717, 1.165) is 18.4 Å². The number of hydrogen-bond donors (Lipinski definition) is 0. The molecule has 3 aliphatic carbocycles. The summed E-state index contributed by atoms with van der Waals surface area (Å²) in [5, 5.41) is 0. The quantitative estimate of drug-likeness (QED) is 0.165. The van der Waals surface area contributed by atoms with Gasteiger partial charge in [-0.15, -0.1) is 0 Å². The molecule has 5 heteroatoms. The average molecular weight is 557 g/mol. The fourth-order valence-corrected chi connectivity index (χ4v) is 9.53. The van der Waals surface area contributed by atoms with Crippen LogP contribution in [0.3, 0.4) is 0 Å². The van der Waals surface area contributed by atoms with E-state index in [9.17, 15) is 13.2 Å². The zero-order valence-corrected chi connectivity index (χ0v) is 26.2. The Balaban J connectivity index is 1.40. The maximum Gasteiger partial charge on any atom is 0.296 e. The van der Waals surface area contributed by atoms with E-state index in [1.165, 1.54) is 19.3 Å². The number of carbonyl (C=O) groups is 1. The number of carbonyl (C=O) groups excluding carboxylic acids is 1. The Morgan fingerprint density at radius 2 is 1.67 bits per heavy atom. The minimum atomic E-state index is -3.78. The normalized spacial score (nSPS) is 34.7. The number of allylic oxidation sites excluding steroid dienone is 2. The summed E-state index contributed by atoms with van der Waals surface area (Å²) in [5.41, 5.74) is 0.979. The molecule has 1 unspecified atom stereocenters. The maximum atomic E-state index is 13.4. The highest BCUT2D eigenvalue weighted by atomic mass is 32.2. The molecule has 3 fully saturated rings. The number of benzene rings is 1. The van der Waals surface area contributed by atoms with Crippen molar-refractivity contribution in [2.45, 2.75) is 105 Å². The summed E-state index contributed by atoms with van der Waals surface area (Å²) in [6.07, 6.45) is 12.8. The Morgan fingerprint density at radius 3 is 2.33 bits per heavy atom. The molecule has 0 N–H and O–H groups in total. The van der Waals surface area contributed by atoms with E-state index in [1.807, 2.05) is 6.92 Å². The van der Waals surface area contributed by atoms with E-state index in [2.05, 4.69) is 53.7 Å². The predicted octanol–water partition coefficient (Wildman–Crippen LogP) is 8.39. The van der Waals surface area contributed by atoms with Crippen LogP contribution in [-0.2, 0) is 19.1 Å². The molecule has 39 heavy (non-hydrogen) atoms. The molecular formula is C34H52O4S.